The number of hydrogen-bond donors (Lipinski definition) is 2. The van der Waals surface area contributed by atoms with Gasteiger partial charge >= 0.3 is 0 Å². The van der Waals surface area contributed by atoms with Gasteiger partial charge in [0.15, 0.2) is 0 Å². The van der Waals surface area contributed by atoms with E-state index in [0.717, 1.165) is 5.56 Å². The number of hydrogen-bond acceptors (Lipinski definition) is 5. The fraction of sp³-hybridized carbons (Fsp3) is 0.400. The van der Waals surface area contributed by atoms with E-state index in [4.69, 9.17) is 4.74 Å². The van der Waals surface area contributed by atoms with Gasteiger partial charge in [-0.1, -0.05) is 12.1 Å². The minimum absolute atomic E-state index is 0.200. The molecule has 1 aliphatic heterocycles. The number of piperidine rings is 1. The maximum absolute atomic E-state index is 13.2. The summed E-state index contributed by atoms with van der Waals surface area (Å²) >= 11 is 0. The number of aliphatic hydroxyl groups excluding tert-OH is 2. The van der Waals surface area contributed by atoms with Crippen LogP contribution >= 0.6 is 0 Å². The first-order valence-corrected chi connectivity index (χ1v) is 8.80. The molecule has 0 saturated carbocycles. The van der Waals surface area contributed by atoms with Gasteiger partial charge in [-0.05, 0) is 36.6 Å². The number of pyridine rings is 1. The summed E-state index contributed by atoms with van der Waals surface area (Å²) in [6.07, 6.45) is 1.44. The van der Waals surface area contributed by atoms with E-state index in [2.05, 4.69) is 4.98 Å². The quantitative estimate of drug-likeness (QED) is 0.832. The van der Waals surface area contributed by atoms with Crippen LogP contribution in [0.2, 0.25) is 0 Å². The number of carbonyl (C=O) groups is 1. The van der Waals surface area contributed by atoms with Crippen molar-refractivity contribution in [1.82, 2.24) is 9.88 Å². The SMILES string of the molecule is COc1cc(C(=O)N2CC[C@H](O)[C@@](CO)(Cc3ccc(F)cc3)C2)ccn1. The summed E-state index contributed by atoms with van der Waals surface area (Å²) in [4.78, 5) is 18.5. The molecule has 1 aliphatic rings. The van der Waals surface area contributed by atoms with Crippen LogP contribution in [-0.4, -0.2) is 58.9 Å². The zero-order chi connectivity index (χ0) is 19.4. The van der Waals surface area contributed by atoms with E-state index in [0.29, 0.717) is 30.8 Å². The van der Waals surface area contributed by atoms with Gasteiger partial charge in [-0.25, -0.2) is 9.37 Å². The summed E-state index contributed by atoms with van der Waals surface area (Å²) in [6.45, 7) is 0.302. The van der Waals surface area contributed by atoms with E-state index in [1.54, 1.807) is 29.2 Å². The molecule has 1 saturated heterocycles. The van der Waals surface area contributed by atoms with Crippen molar-refractivity contribution in [3.8, 4) is 5.88 Å². The Morgan fingerprint density at radius 2 is 2.11 bits per heavy atom. The maximum Gasteiger partial charge on any atom is 0.254 e. The van der Waals surface area contributed by atoms with Crippen molar-refractivity contribution in [1.29, 1.82) is 0 Å². The van der Waals surface area contributed by atoms with Crippen molar-refractivity contribution in [2.75, 3.05) is 26.8 Å². The lowest BCUT2D eigenvalue weighted by Gasteiger charge is -2.45. The van der Waals surface area contributed by atoms with Gasteiger partial charge in [0.2, 0.25) is 5.88 Å². The average Bonchev–Trinajstić information content (AvgIpc) is 2.71. The predicted octanol–water partition coefficient (Wildman–Crippen LogP) is 1.66. The number of methoxy groups -OCH3 is 1. The molecule has 27 heavy (non-hydrogen) atoms. The second-order valence-electron chi connectivity index (χ2n) is 6.94. The summed E-state index contributed by atoms with van der Waals surface area (Å²) in [7, 11) is 1.48. The standard InChI is InChI=1S/C20H23FN2O4/c1-27-18-10-15(6-8-22-18)19(26)23-9-7-17(25)20(12-23,13-24)11-14-2-4-16(21)5-3-14/h2-6,8,10,17,24-25H,7,9,11-13H2,1H3/t17-,20-/m0/s1. The van der Waals surface area contributed by atoms with Gasteiger partial charge in [-0.2, -0.15) is 0 Å². The molecule has 1 aromatic carbocycles. The minimum Gasteiger partial charge on any atom is -0.481 e. The first-order valence-electron chi connectivity index (χ1n) is 8.80. The van der Waals surface area contributed by atoms with Gasteiger partial charge in [-0.3, -0.25) is 4.79 Å². The molecule has 144 valence electrons. The molecule has 2 heterocycles. The predicted molar refractivity (Wildman–Crippen MR) is 96.9 cm³/mol. The van der Waals surface area contributed by atoms with E-state index in [-0.39, 0.29) is 24.9 Å². The lowest BCUT2D eigenvalue weighted by atomic mass is 9.73. The van der Waals surface area contributed by atoms with E-state index < -0.39 is 11.5 Å². The molecule has 3 rings (SSSR count). The van der Waals surface area contributed by atoms with Crippen molar-refractivity contribution in [2.24, 2.45) is 5.41 Å². The Morgan fingerprint density at radius 3 is 2.78 bits per heavy atom. The molecule has 1 aromatic heterocycles. The number of carbonyl (C=O) groups excluding carboxylic acids is 1. The van der Waals surface area contributed by atoms with Crippen LogP contribution in [0.3, 0.4) is 0 Å². The monoisotopic (exact) mass is 374 g/mol. The third-order valence-electron chi connectivity index (χ3n) is 5.15. The average molecular weight is 374 g/mol. The van der Waals surface area contributed by atoms with Crippen LogP contribution < -0.4 is 4.74 Å². The van der Waals surface area contributed by atoms with Gasteiger partial charge in [0.25, 0.3) is 5.91 Å². The van der Waals surface area contributed by atoms with Crippen molar-refractivity contribution in [3.63, 3.8) is 0 Å². The molecule has 2 atom stereocenters. The number of halogens is 1. The van der Waals surface area contributed by atoms with Gasteiger partial charge in [0.1, 0.15) is 5.82 Å². The highest BCUT2D eigenvalue weighted by atomic mass is 19.1. The van der Waals surface area contributed by atoms with Crippen LogP contribution in [0.4, 0.5) is 4.39 Å². The molecule has 0 radical (unpaired) electrons. The molecule has 0 unspecified atom stereocenters. The van der Waals surface area contributed by atoms with Crippen molar-refractivity contribution in [2.45, 2.75) is 18.9 Å². The molecule has 2 N–H and O–H groups in total. The van der Waals surface area contributed by atoms with Gasteiger partial charge in [0, 0.05) is 36.3 Å². The Morgan fingerprint density at radius 1 is 1.37 bits per heavy atom. The van der Waals surface area contributed by atoms with Gasteiger partial charge < -0.3 is 19.8 Å². The molecule has 0 bridgehead atoms. The molecule has 1 amide bonds. The Labute approximate surface area is 157 Å². The number of aliphatic hydroxyl groups is 2. The molecule has 2 aromatic rings. The third-order valence-corrected chi connectivity index (χ3v) is 5.15. The van der Waals surface area contributed by atoms with E-state index in [1.807, 2.05) is 0 Å². The highest BCUT2D eigenvalue weighted by Crippen LogP contribution is 2.34. The highest BCUT2D eigenvalue weighted by molar-refractivity contribution is 5.94. The number of aromatic nitrogens is 1. The van der Waals surface area contributed by atoms with Crippen molar-refractivity contribution in [3.05, 3.63) is 59.5 Å². The summed E-state index contributed by atoms with van der Waals surface area (Å²) in [5.41, 5.74) is 0.333. The van der Waals surface area contributed by atoms with Crippen LogP contribution in [0.1, 0.15) is 22.3 Å². The largest absolute Gasteiger partial charge is 0.481 e. The number of rotatable bonds is 5. The van der Waals surface area contributed by atoms with Crippen LogP contribution in [0.15, 0.2) is 42.6 Å². The molecule has 6 nitrogen and oxygen atoms in total. The lowest BCUT2D eigenvalue weighted by molar-refractivity contribution is -0.0668. The zero-order valence-electron chi connectivity index (χ0n) is 15.1. The number of benzene rings is 1. The Hall–Kier alpha value is -2.51. The first-order chi connectivity index (χ1) is 13.0. The van der Waals surface area contributed by atoms with Crippen LogP contribution in [0, 0.1) is 11.2 Å². The maximum atomic E-state index is 13.2. The van der Waals surface area contributed by atoms with Gasteiger partial charge in [0.05, 0.1) is 19.8 Å². The van der Waals surface area contributed by atoms with E-state index in [1.165, 1.54) is 25.4 Å². The summed E-state index contributed by atoms with van der Waals surface area (Å²) < 4.78 is 18.2. The van der Waals surface area contributed by atoms with Crippen LogP contribution in [0.5, 0.6) is 5.88 Å². The normalized spacial score (nSPS) is 22.5. The summed E-state index contributed by atoms with van der Waals surface area (Å²) in [5.74, 6) is -0.207. The minimum atomic E-state index is -0.900. The summed E-state index contributed by atoms with van der Waals surface area (Å²) in [5, 5.41) is 20.7. The lowest BCUT2D eigenvalue weighted by Crippen LogP contribution is -2.56. The van der Waals surface area contributed by atoms with Gasteiger partial charge in [-0.15, -0.1) is 0 Å². The zero-order valence-corrected chi connectivity index (χ0v) is 15.1. The smallest absolute Gasteiger partial charge is 0.254 e. The first kappa shape index (κ1) is 19.3. The molecular formula is C20H23FN2O4. The summed E-state index contributed by atoms with van der Waals surface area (Å²) in [6, 6.07) is 9.13. The molecule has 1 fully saturated rings. The van der Waals surface area contributed by atoms with Crippen LogP contribution in [-0.2, 0) is 6.42 Å². The fourth-order valence-electron chi connectivity index (χ4n) is 3.55. The second-order valence-corrected chi connectivity index (χ2v) is 6.94. The van der Waals surface area contributed by atoms with E-state index in [9.17, 15) is 19.4 Å². The number of amides is 1. The highest BCUT2D eigenvalue weighted by Gasteiger charge is 2.43. The van der Waals surface area contributed by atoms with Crippen molar-refractivity contribution < 1.29 is 24.1 Å². The van der Waals surface area contributed by atoms with Crippen LogP contribution in [0.25, 0.3) is 0 Å². The molecular weight excluding hydrogens is 351 g/mol. The second kappa shape index (κ2) is 8.02. The third kappa shape index (κ3) is 4.09. The Kier molecular flexibility index (Phi) is 5.72. The number of likely N-dealkylation sites (tertiary alicyclic amines) is 1. The van der Waals surface area contributed by atoms with Crippen molar-refractivity contribution >= 4 is 5.91 Å². The van der Waals surface area contributed by atoms with E-state index >= 15 is 0 Å². The molecule has 0 spiro atoms. The molecule has 7 heteroatoms. The molecule has 0 aliphatic carbocycles. The number of nitrogens with zero attached hydrogens (tertiary/aromatic N) is 2. The number of ether oxygens (including phenoxy) is 1. The Balaban J connectivity index is 1.82. The fourth-order valence-corrected chi connectivity index (χ4v) is 3.55. The topological polar surface area (TPSA) is 82.9 Å². The Bertz CT molecular complexity index is 799.